The Balaban J connectivity index is 3.60. The zero-order chi connectivity index (χ0) is 8.85. The molecule has 0 aliphatic heterocycles. The van der Waals surface area contributed by atoms with E-state index in [4.69, 9.17) is 15.7 Å². The van der Waals surface area contributed by atoms with E-state index in [-0.39, 0.29) is 0 Å². The van der Waals surface area contributed by atoms with Crippen LogP contribution < -0.4 is 5.73 Å². The van der Waals surface area contributed by atoms with Crippen LogP contribution in [0.25, 0.3) is 0 Å². The van der Waals surface area contributed by atoms with Crippen LogP contribution in [-0.4, -0.2) is 28.6 Å². The summed E-state index contributed by atoms with van der Waals surface area (Å²) in [6, 6.07) is -1.25. The number of aliphatic hydroxyl groups is 1. The van der Waals surface area contributed by atoms with Gasteiger partial charge in [0.05, 0.1) is 6.61 Å². The molecule has 0 saturated heterocycles. The van der Waals surface area contributed by atoms with Gasteiger partial charge in [-0.15, -0.1) is 0 Å². The van der Waals surface area contributed by atoms with E-state index in [0.717, 1.165) is 0 Å². The average Bonchev–Trinajstić information content (AvgIpc) is 1.98. The van der Waals surface area contributed by atoms with Crippen LogP contribution in [0, 0.1) is 0 Å². The lowest BCUT2D eigenvalue weighted by Gasteiger charge is -2.04. The van der Waals surface area contributed by atoms with Crippen molar-refractivity contribution in [2.24, 2.45) is 5.73 Å². The van der Waals surface area contributed by atoms with Crippen LogP contribution in [0.4, 0.5) is 0 Å². The summed E-state index contributed by atoms with van der Waals surface area (Å²) in [5.41, 5.74) is 4.93. The van der Waals surface area contributed by atoms with Gasteiger partial charge in [-0.2, -0.15) is 0 Å². The van der Waals surface area contributed by atoms with Crippen LogP contribution in [-0.2, 0) is 18.9 Å². The van der Waals surface area contributed by atoms with Crippen molar-refractivity contribution in [3.63, 3.8) is 0 Å². The van der Waals surface area contributed by atoms with Crippen molar-refractivity contribution in [1.29, 1.82) is 0 Å². The normalized spacial score (nSPS) is 15.5. The summed E-state index contributed by atoms with van der Waals surface area (Å²) >= 11 is 0. The van der Waals surface area contributed by atoms with Crippen molar-refractivity contribution in [2.75, 3.05) is 6.61 Å². The molecule has 0 aromatic carbocycles. The highest BCUT2D eigenvalue weighted by molar-refractivity contribution is 7.31. The van der Waals surface area contributed by atoms with E-state index in [0.29, 0.717) is 0 Å². The maximum Gasteiger partial charge on any atom is 0.361 e. The Bertz CT molecular complexity index is 160. The van der Waals surface area contributed by atoms with Crippen LogP contribution in [0.3, 0.4) is 0 Å². The standard InChI is InChI=1S/C3H8NO6P/c4-2(1-5)3(6)9-10-11(7)8/h2,5,11H,1,4H2,(H,7,8). The third-order valence-electron chi connectivity index (χ3n) is 0.695. The van der Waals surface area contributed by atoms with E-state index in [9.17, 15) is 9.36 Å². The Hall–Kier alpha value is -0.460. The van der Waals surface area contributed by atoms with Gasteiger partial charge in [0.25, 0.3) is 0 Å². The average molecular weight is 185 g/mol. The molecule has 0 fully saturated rings. The molecule has 0 bridgehead atoms. The zero-order valence-corrected chi connectivity index (χ0v) is 6.39. The summed E-state index contributed by atoms with van der Waals surface area (Å²) in [7, 11) is -3.30. The molecular weight excluding hydrogens is 177 g/mol. The van der Waals surface area contributed by atoms with Crippen LogP contribution >= 0.6 is 8.25 Å². The molecule has 66 valence electrons. The molecule has 0 amide bonds. The minimum absolute atomic E-state index is 0.617. The molecule has 0 aliphatic carbocycles. The third kappa shape index (κ3) is 4.88. The van der Waals surface area contributed by atoms with E-state index >= 15 is 0 Å². The Morgan fingerprint density at radius 2 is 2.27 bits per heavy atom. The van der Waals surface area contributed by atoms with E-state index < -0.39 is 26.9 Å². The molecule has 0 spiro atoms. The largest absolute Gasteiger partial charge is 0.394 e. The van der Waals surface area contributed by atoms with Crippen LogP contribution in [0.2, 0.25) is 0 Å². The molecule has 2 atom stereocenters. The number of rotatable bonds is 4. The first-order valence-electron chi connectivity index (χ1n) is 2.55. The smallest absolute Gasteiger partial charge is 0.361 e. The maximum atomic E-state index is 10.4. The fourth-order valence-electron chi connectivity index (χ4n) is 0.213. The monoisotopic (exact) mass is 185 g/mol. The van der Waals surface area contributed by atoms with Gasteiger partial charge in [-0.3, -0.25) is 9.45 Å². The minimum Gasteiger partial charge on any atom is -0.394 e. The Morgan fingerprint density at radius 3 is 2.64 bits per heavy atom. The Kier molecular flexibility index (Phi) is 5.01. The van der Waals surface area contributed by atoms with Crippen LogP contribution in [0.1, 0.15) is 0 Å². The lowest BCUT2D eigenvalue weighted by molar-refractivity contribution is -0.216. The Morgan fingerprint density at radius 1 is 1.73 bits per heavy atom. The SMILES string of the molecule is NC(CO)C(=O)OO[PH](=O)O. The quantitative estimate of drug-likeness (QED) is 0.267. The highest BCUT2D eigenvalue weighted by Crippen LogP contribution is 2.14. The molecule has 0 aromatic heterocycles. The summed E-state index contributed by atoms with van der Waals surface area (Å²) in [6.07, 6.45) is 0. The summed E-state index contributed by atoms with van der Waals surface area (Å²) in [5.74, 6) is -1.10. The van der Waals surface area contributed by atoms with Gasteiger partial charge in [-0.1, -0.05) is 4.67 Å². The lowest BCUT2D eigenvalue weighted by Crippen LogP contribution is -2.35. The highest BCUT2D eigenvalue weighted by atomic mass is 31.1. The van der Waals surface area contributed by atoms with Gasteiger partial charge < -0.3 is 15.7 Å². The lowest BCUT2D eigenvalue weighted by atomic mass is 10.3. The summed E-state index contributed by atoms with van der Waals surface area (Å²) < 4.78 is 13.4. The molecule has 7 nitrogen and oxygen atoms in total. The molecule has 0 rings (SSSR count). The molecule has 0 heterocycles. The summed E-state index contributed by atoms with van der Waals surface area (Å²) in [6.45, 7) is -0.617. The zero-order valence-electron chi connectivity index (χ0n) is 5.39. The van der Waals surface area contributed by atoms with E-state index in [1.165, 1.54) is 0 Å². The second-order valence-electron chi connectivity index (χ2n) is 1.54. The molecule has 8 heteroatoms. The van der Waals surface area contributed by atoms with Crippen LogP contribution in [0.15, 0.2) is 0 Å². The van der Waals surface area contributed by atoms with Crippen molar-refractivity contribution in [3.8, 4) is 0 Å². The first-order chi connectivity index (χ1) is 5.07. The van der Waals surface area contributed by atoms with Crippen molar-refractivity contribution in [1.82, 2.24) is 0 Å². The molecule has 4 N–H and O–H groups in total. The molecule has 0 aromatic rings. The first-order valence-corrected chi connectivity index (χ1v) is 3.82. The topological polar surface area (TPSA) is 119 Å². The van der Waals surface area contributed by atoms with Crippen LogP contribution in [0.5, 0.6) is 0 Å². The molecule has 11 heavy (non-hydrogen) atoms. The second-order valence-corrected chi connectivity index (χ2v) is 2.24. The van der Waals surface area contributed by atoms with Crippen molar-refractivity contribution < 1.29 is 28.9 Å². The summed E-state index contributed by atoms with van der Waals surface area (Å²) in [4.78, 5) is 22.1. The van der Waals surface area contributed by atoms with Crippen molar-refractivity contribution in [2.45, 2.75) is 6.04 Å². The number of hydrogen-bond donors (Lipinski definition) is 3. The molecule has 0 saturated carbocycles. The molecule has 2 unspecified atom stereocenters. The third-order valence-corrected chi connectivity index (χ3v) is 0.920. The van der Waals surface area contributed by atoms with E-state index in [2.05, 4.69) is 9.56 Å². The number of carbonyl (C=O) groups is 1. The van der Waals surface area contributed by atoms with Gasteiger partial charge in [-0.05, 0) is 0 Å². The fourth-order valence-corrected chi connectivity index (χ4v) is 0.366. The first kappa shape index (κ1) is 10.5. The molecule has 0 radical (unpaired) electrons. The second kappa shape index (κ2) is 5.22. The van der Waals surface area contributed by atoms with Crippen molar-refractivity contribution >= 4 is 14.2 Å². The molecular formula is C3H8NO6P. The van der Waals surface area contributed by atoms with Gasteiger partial charge >= 0.3 is 14.2 Å². The highest BCUT2D eigenvalue weighted by Gasteiger charge is 2.15. The van der Waals surface area contributed by atoms with Gasteiger partial charge in [0, 0.05) is 0 Å². The predicted octanol–water partition coefficient (Wildman–Crippen LogP) is -1.84. The maximum absolute atomic E-state index is 10.4. The van der Waals surface area contributed by atoms with Gasteiger partial charge in [0.1, 0.15) is 6.04 Å². The Labute approximate surface area is 62.6 Å². The van der Waals surface area contributed by atoms with E-state index in [1.54, 1.807) is 0 Å². The number of aliphatic hydroxyl groups excluding tert-OH is 1. The number of hydrogen-bond acceptors (Lipinski definition) is 6. The number of nitrogens with two attached hydrogens (primary N) is 1. The van der Waals surface area contributed by atoms with Gasteiger partial charge in [0.2, 0.25) is 0 Å². The molecule has 0 aliphatic rings. The van der Waals surface area contributed by atoms with E-state index in [1.807, 2.05) is 0 Å². The minimum atomic E-state index is -3.30. The fraction of sp³-hybridized carbons (Fsp3) is 0.667. The van der Waals surface area contributed by atoms with Gasteiger partial charge in [0.15, 0.2) is 0 Å². The van der Waals surface area contributed by atoms with Gasteiger partial charge in [-0.25, -0.2) is 4.79 Å². The summed E-state index contributed by atoms with van der Waals surface area (Å²) in [5, 5.41) is 8.26. The van der Waals surface area contributed by atoms with Crippen molar-refractivity contribution in [3.05, 3.63) is 0 Å². The predicted molar refractivity (Wildman–Crippen MR) is 33.5 cm³/mol. The number of carbonyl (C=O) groups excluding carboxylic acids is 1.